The molecule has 0 bridgehead atoms. The third-order valence-electron chi connectivity index (χ3n) is 3.01. The Balaban J connectivity index is 2.16. The van der Waals surface area contributed by atoms with E-state index in [1.165, 1.54) is 6.92 Å². The summed E-state index contributed by atoms with van der Waals surface area (Å²) in [5.74, 6) is -4.98. The van der Waals surface area contributed by atoms with Crippen LogP contribution >= 0.6 is 0 Å². The summed E-state index contributed by atoms with van der Waals surface area (Å²) in [6.07, 6.45) is 0.700. The summed E-state index contributed by atoms with van der Waals surface area (Å²) in [7, 11) is 0. The Morgan fingerprint density at radius 3 is 2.33 bits per heavy atom. The smallest absolute Gasteiger partial charge is 0.367 e. The van der Waals surface area contributed by atoms with E-state index in [4.69, 9.17) is 4.74 Å². The fourth-order valence-electron chi connectivity index (χ4n) is 1.94. The van der Waals surface area contributed by atoms with Gasteiger partial charge in [0.1, 0.15) is 6.61 Å². The lowest BCUT2D eigenvalue weighted by Gasteiger charge is -2.09. The third kappa shape index (κ3) is 4.62. The molecule has 0 unspecified atom stereocenters. The molecule has 24 heavy (non-hydrogen) atoms. The number of carbonyl (C=O) groups excluding carboxylic acids is 1. The number of esters is 1. The maximum Gasteiger partial charge on any atom is 0.367 e. The maximum atomic E-state index is 14.0. The van der Waals surface area contributed by atoms with Crippen molar-refractivity contribution in [3.63, 3.8) is 0 Å². The van der Waals surface area contributed by atoms with Crippen LogP contribution in [0.25, 0.3) is 6.08 Å². The van der Waals surface area contributed by atoms with Gasteiger partial charge < -0.3 is 9.47 Å². The summed E-state index contributed by atoms with van der Waals surface area (Å²) in [6, 6.07) is 10.6. The Hall–Kier alpha value is -2.76. The van der Waals surface area contributed by atoms with Crippen molar-refractivity contribution in [3.05, 3.63) is 71.1 Å². The second kappa shape index (κ2) is 8.19. The minimum Gasteiger partial charge on any atom is -0.483 e. The van der Waals surface area contributed by atoms with Gasteiger partial charge in [0.25, 0.3) is 0 Å². The Morgan fingerprint density at radius 1 is 1.12 bits per heavy atom. The lowest BCUT2D eigenvalue weighted by Crippen LogP contribution is -2.04. The molecule has 0 aliphatic carbocycles. The molecule has 0 aliphatic rings. The van der Waals surface area contributed by atoms with Crippen LogP contribution in [0.2, 0.25) is 0 Å². The van der Waals surface area contributed by atoms with Crippen molar-refractivity contribution in [3.8, 4) is 5.75 Å². The third-order valence-corrected chi connectivity index (χ3v) is 3.01. The van der Waals surface area contributed by atoms with Crippen LogP contribution in [0.5, 0.6) is 5.75 Å². The number of hydrogen-bond donors (Lipinski definition) is 0. The first-order chi connectivity index (χ1) is 11.5. The average Bonchev–Trinajstić information content (AvgIpc) is 2.55. The topological polar surface area (TPSA) is 35.5 Å². The molecule has 2 aromatic rings. The quantitative estimate of drug-likeness (QED) is 0.579. The fraction of sp³-hybridized carbons (Fsp3) is 0.167. The van der Waals surface area contributed by atoms with E-state index in [0.717, 1.165) is 17.7 Å². The SMILES string of the molecule is CCOC(=O)C(F)=Cc1cc(F)c(OCc2ccccc2)c(F)c1. The number of hydrogen-bond acceptors (Lipinski definition) is 3. The summed E-state index contributed by atoms with van der Waals surface area (Å²) < 4.78 is 51.1. The standard InChI is InChI=1S/C18H15F3O3/c1-2-23-18(22)16(21)10-13-8-14(19)17(15(20)9-13)24-11-12-6-4-3-5-7-12/h3-10H,2,11H2,1H3. The second-order valence-corrected chi connectivity index (χ2v) is 4.80. The molecule has 0 saturated carbocycles. The molecular formula is C18H15F3O3. The molecule has 2 rings (SSSR count). The van der Waals surface area contributed by atoms with Crippen molar-refractivity contribution in [2.75, 3.05) is 6.61 Å². The van der Waals surface area contributed by atoms with Gasteiger partial charge in [-0.05, 0) is 36.3 Å². The average molecular weight is 336 g/mol. The Bertz CT molecular complexity index is 719. The molecule has 0 aromatic heterocycles. The van der Waals surface area contributed by atoms with Gasteiger partial charge in [0.15, 0.2) is 17.4 Å². The normalized spacial score (nSPS) is 11.2. The molecule has 0 aliphatic heterocycles. The van der Waals surface area contributed by atoms with Gasteiger partial charge in [-0.25, -0.2) is 13.6 Å². The Labute approximate surface area is 137 Å². The molecule has 0 atom stereocenters. The van der Waals surface area contributed by atoms with Crippen molar-refractivity contribution >= 4 is 12.0 Å². The summed E-state index contributed by atoms with van der Waals surface area (Å²) in [5.41, 5.74) is 0.594. The zero-order chi connectivity index (χ0) is 17.5. The van der Waals surface area contributed by atoms with Crippen molar-refractivity contribution < 1.29 is 27.4 Å². The van der Waals surface area contributed by atoms with Crippen LogP contribution in [0, 0.1) is 11.6 Å². The molecule has 3 nitrogen and oxygen atoms in total. The van der Waals surface area contributed by atoms with Gasteiger partial charge in [-0.15, -0.1) is 0 Å². The number of rotatable bonds is 6. The van der Waals surface area contributed by atoms with E-state index >= 15 is 0 Å². The Morgan fingerprint density at radius 2 is 1.75 bits per heavy atom. The van der Waals surface area contributed by atoms with Crippen molar-refractivity contribution in [2.24, 2.45) is 0 Å². The lowest BCUT2D eigenvalue weighted by molar-refractivity contribution is -0.140. The molecule has 2 aromatic carbocycles. The molecule has 0 fully saturated rings. The highest BCUT2D eigenvalue weighted by Crippen LogP contribution is 2.25. The largest absolute Gasteiger partial charge is 0.483 e. The Kier molecular flexibility index (Phi) is 6.01. The van der Waals surface area contributed by atoms with E-state index in [1.807, 2.05) is 6.07 Å². The minimum atomic E-state index is -1.24. The minimum absolute atomic E-state index is 0.00488. The fourth-order valence-corrected chi connectivity index (χ4v) is 1.94. The van der Waals surface area contributed by atoms with Gasteiger partial charge in [0, 0.05) is 0 Å². The van der Waals surface area contributed by atoms with E-state index < -0.39 is 29.2 Å². The lowest BCUT2D eigenvalue weighted by atomic mass is 10.1. The first-order valence-corrected chi connectivity index (χ1v) is 7.21. The zero-order valence-electron chi connectivity index (χ0n) is 12.9. The van der Waals surface area contributed by atoms with Gasteiger partial charge >= 0.3 is 5.97 Å². The van der Waals surface area contributed by atoms with Crippen LogP contribution in [0.4, 0.5) is 13.2 Å². The highest BCUT2D eigenvalue weighted by atomic mass is 19.1. The van der Waals surface area contributed by atoms with Crippen LogP contribution in [-0.4, -0.2) is 12.6 Å². The van der Waals surface area contributed by atoms with E-state index in [1.54, 1.807) is 24.3 Å². The van der Waals surface area contributed by atoms with Gasteiger partial charge in [-0.1, -0.05) is 30.3 Å². The first kappa shape index (κ1) is 17.6. The van der Waals surface area contributed by atoms with Gasteiger partial charge in [-0.3, -0.25) is 0 Å². The van der Waals surface area contributed by atoms with Gasteiger partial charge in [-0.2, -0.15) is 4.39 Å². The van der Waals surface area contributed by atoms with Crippen LogP contribution in [0.1, 0.15) is 18.1 Å². The molecule has 0 amide bonds. The second-order valence-electron chi connectivity index (χ2n) is 4.80. The van der Waals surface area contributed by atoms with E-state index in [-0.39, 0.29) is 18.8 Å². The number of halogens is 3. The summed E-state index contributed by atoms with van der Waals surface area (Å²) in [5, 5.41) is 0. The van der Waals surface area contributed by atoms with Crippen LogP contribution in [-0.2, 0) is 16.1 Å². The molecule has 0 saturated heterocycles. The summed E-state index contributed by atoms with van der Waals surface area (Å²) in [4.78, 5) is 11.2. The predicted octanol–water partition coefficient (Wildman–Crippen LogP) is 4.42. The van der Waals surface area contributed by atoms with E-state index in [2.05, 4.69) is 4.74 Å². The zero-order valence-corrected chi connectivity index (χ0v) is 12.9. The predicted molar refractivity (Wildman–Crippen MR) is 82.9 cm³/mol. The number of ether oxygens (including phenoxy) is 2. The monoisotopic (exact) mass is 336 g/mol. The summed E-state index contributed by atoms with van der Waals surface area (Å²) >= 11 is 0. The highest BCUT2D eigenvalue weighted by Gasteiger charge is 2.15. The molecule has 6 heteroatoms. The maximum absolute atomic E-state index is 14.0. The molecule has 0 heterocycles. The first-order valence-electron chi connectivity index (χ1n) is 7.21. The van der Waals surface area contributed by atoms with Crippen LogP contribution in [0.15, 0.2) is 48.3 Å². The van der Waals surface area contributed by atoms with Crippen molar-refractivity contribution in [1.82, 2.24) is 0 Å². The molecule has 0 radical (unpaired) electrons. The van der Waals surface area contributed by atoms with Crippen LogP contribution in [0.3, 0.4) is 0 Å². The van der Waals surface area contributed by atoms with Crippen molar-refractivity contribution in [1.29, 1.82) is 0 Å². The molecule has 0 spiro atoms. The number of benzene rings is 2. The molecule has 0 N–H and O–H groups in total. The summed E-state index contributed by atoms with van der Waals surface area (Å²) in [6.45, 7) is 1.50. The van der Waals surface area contributed by atoms with Crippen LogP contribution < -0.4 is 4.74 Å². The van der Waals surface area contributed by atoms with Gasteiger partial charge in [0.05, 0.1) is 6.61 Å². The van der Waals surface area contributed by atoms with E-state index in [0.29, 0.717) is 6.08 Å². The van der Waals surface area contributed by atoms with E-state index in [9.17, 15) is 18.0 Å². The molecular weight excluding hydrogens is 321 g/mol. The number of carbonyl (C=O) groups is 1. The highest BCUT2D eigenvalue weighted by molar-refractivity contribution is 5.91. The van der Waals surface area contributed by atoms with Gasteiger partial charge in [0.2, 0.25) is 5.83 Å². The molecule has 126 valence electrons. The van der Waals surface area contributed by atoms with Crippen molar-refractivity contribution in [2.45, 2.75) is 13.5 Å².